The van der Waals surface area contributed by atoms with E-state index < -0.39 is 10.0 Å². The van der Waals surface area contributed by atoms with E-state index in [0.717, 1.165) is 24.0 Å². The number of aliphatic hydroxyl groups excluding tert-OH is 1. The predicted molar refractivity (Wildman–Crippen MR) is 108 cm³/mol. The maximum Gasteiger partial charge on any atom is 0.286 e. The van der Waals surface area contributed by atoms with Crippen LogP contribution in [-0.4, -0.2) is 19.4 Å². The lowest BCUT2D eigenvalue weighted by Gasteiger charge is -2.37. The van der Waals surface area contributed by atoms with Gasteiger partial charge < -0.3 is 10.4 Å². The van der Waals surface area contributed by atoms with Gasteiger partial charge in [0.05, 0.1) is 5.69 Å². The van der Waals surface area contributed by atoms with E-state index in [0.29, 0.717) is 17.7 Å². The van der Waals surface area contributed by atoms with Gasteiger partial charge in [-0.2, -0.15) is 8.42 Å². The molecule has 0 fully saturated rings. The van der Waals surface area contributed by atoms with Crippen LogP contribution in [0, 0.1) is 0 Å². The first kappa shape index (κ1) is 17.8. The zero-order valence-corrected chi connectivity index (χ0v) is 16.2. The summed E-state index contributed by atoms with van der Waals surface area (Å²) in [5.41, 5.74) is 2.67. The normalized spacial score (nSPS) is 23.1. The first-order chi connectivity index (χ1) is 12.9. The van der Waals surface area contributed by atoms with Crippen molar-refractivity contribution in [1.29, 1.82) is 0 Å². The Hall–Kier alpha value is -2.60. The van der Waals surface area contributed by atoms with Crippen molar-refractivity contribution in [3.63, 3.8) is 0 Å². The van der Waals surface area contributed by atoms with E-state index in [2.05, 4.69) is 23.6 Å². The SMILES string of the molecule is CCCC1(C)CC(C2=NS(=O)(=O)c3ccccc3N2)=C(O)c2ccccc21. The summed E-state index contributed by atoms with van der Waals surface area (Å²) >= 11 is 0. The molecule has 4 rings (SSSR count). The number of rotatable bonds is 3. The van der Waals surface area contributed by atoms with Crippen molar-refractivity contribution in [2.75, 3.05) is 5.32 Å². The molecule has 0 bridgehead atoms. The Labute approximate surface area is 159 Å². The number of benzene rings is 2. The Bertz CT molecular complexity index is 1090. The van der Waals surface area contributed by atoms with Gasteiger partial charge in [-0.25, -0.2) is 0 Å². The maximum atomic E-state index is 12.6. The number of fused-ring (bicyclic) bond motifs is 2. The van der Waals surface area contributed by atoms with E-state index in [1.165, 1.54) is 6.07 Å². The third-order valence-corrected chi connectivity index (χ3v) is 6.74. The number of amidine groups is 1. The summed E-state index contributed by atoms with van der Waals surface area (Å²) in [6.07, 6.45) is 2.44. The van der Waals surface area contributed by atoms with E-state index in [1.807, 2.05) is 24.3 Å². The topological polar surface area (TPSA) is 78.8 Å². The van der Waals surface area contributed by atoms with Gasteiger partial charge in [0.2, 0.25) is 0 Å². The third kappa shape index (κ3) is 2.84. The average Bonchev–Trinajstić information content (AvgIpc) is 2.65. The molecule has 140 valence electrons. The summed E-state index contributed by atoms with van der Waals surface area (Å²) in [6, 6.07) is 14.5. The molecule has 0 spiro atoms. The predicted octanol–water partition coefficient (Wildman–Crippen LogP) is 4.63. The van der Waals surface area contributed by atoms with Crippen molar-refractivity contribution in [3.05, 3.63) is 65.2 Å². The zero-order valence-electron chi connectivity index (χ0n) is 15.4. The summed E-state index contributed by atoms with van der Waals surface area (Å²) < 4.78 is 29.3. The molecule has 2 aromatic rings. The number of para-hydroxylation sites is 1. The highest BCUT2D eigenvalue weighted by Crippen LogP contribution is 2.45. The molecule has 1 heterocycles. The summed E-state index contributed by atoms with van der Waals surface area (Å²) in [4.78, 5) is 0.154. The molecular weight excluding hydrogens is 360 g/mol. The van der Waals surface area contributed by atoms with Gasteiger partial charge in [-0.05, 0) is 36.0 Å². The molecule has 0 saturated heterocycles. The standard InChI is InChI=1S/C21H22N2O3S/c1-3-12-21(2)13-15(19(24)14-8-4-5-9-16(14)21)20-22-17-10-6-7-11-18(17)27(25,26)23-20/h4-11,24H,3,12-13H2,1-2H3,(H,22,23). The molecule has 27 heavy (non-hydrogen) atoms. The van der Waals surface area contributed by atoms with Gasteiger partial charge in [0, 0.05) is 11.1 Å². The van der Waals surface area contributed by atoms with Crippen molar-refractivity contribution in [2.24, 2.45) is 4.40 Å². The third-order valence-electron chi connectivity index (χ3n) is 5.40. The second-order valence-corrected chi connectivity index (χ2v) is 8.97. The van der Waals surface area contributed by atoms with Crippen LogP contribution in [0.5, 0.6) is 0 Å². The van der Waals surface area contributed by atoms with Gasteiger partial charge in [-0.15, -0.1) is 4.40 Å². The lowest BCUT2D eigenvalue weighted by atomic mass is 9.68. The number of hydrogen-bond donors (Lipinski definition) is 2. The van der Waals surface area contributed by atoms with Gasteiger partial charge in [0.25, 0.3) is 10.0 Å². The lowest BCUT2D eigenvalue weighted by Crippen LogP contribution is -2.33. The Morgan fingerprint density at radius 2 is 1.85 bits per heavy atom. The molecule has 0 saturated carbocycles. The van der Waals surface area contributed by atoms with Gasteiger partial charge in [-0.1, -0.05) is 56.7 Å². The quantitative estimate of drug-likeness (QED) is 0.811. The second kappa shape index (κ2) is 6.23. The monoisotopic (exact) mass is 382 g/mol. The van der Waals surface area contributed by atoms with Crippen molar-refractivity contribution in [3.8, 4) is 0 Å². The van der Waals surface area contributed by atoms with Crippen LogP contribution in [0.15, 0.2) is 63.4 Å². The van der Waals surface area contributed by atoms with Gasteiger partial charge in [0.1, 0.15) is 10.7 Å². The van der Waals surface area contributed by atoms with E-state index in [9.17, 15) is 13.5 Å². The Morgan fingerprint density at radius 3 is 2.63 bits per heavy atom. The van der Waals surface area contributed by atoms with Crippen LogP contribution < -0.4 is 5.32 Å². The number of sulfonamides is 1. The van der Waals surface area contributed by atoms with Crippen LogP contribution >= 0.6 is 0 Å². The fourth-order valence-electron chi connectivity index (χ4n) is 4.16. The molecule has 6 heteroatoms. The second-order valence-electron chi connectivity index (χ2n) is 7.40. The molecule has 0 amide bonds. The van der Waals surface area contributed by atoms with Crippen molar-refractivity contribution in [2.45, 2.75) is 43.4 Å². The Morgan fingerprint density at radius 1 is 1.15 bits per heavy atom. The number of nitrogens with zero attached hydrogens (tertiary/aromatic N) is 1. The molecule has 0 radical (unpaired) electrons. The van der Waals surface area contributed by atoms with Crippen LogP contribution in [0.25, 0.3) is 5.76 Å². The summed E-state index contributed by atoms with van der Waals surface area (Å²) in [5.74, 6) is 0.308. The zero-order chi connectivity index (χ0) is 19.2. The molecule has 1 aliphatic heterocycles. The number of nitrogens with one attached hydrogen (secondary N) is 1. The highest BCUT2D eigenvalue weighted by molar-refractivity contribution is 7.90. The molecule has 2 aliphatic rings. The molecule has 1 unspecified atom stereocenters. The highest BCUT2D eigenvalue weighted by atomic mass is 32.2. The first-order valence-electron chi connectivity index (χ1n) is 9.09. The Kier molecular flexibility index (Phi) is 4.11. The summed E-state index contributed by atoms with van der Waals surface area (Å²) in [7, 11) is -3.81. The van der Waals surface area contributed by atoms with E-state index in [-0.39, 0.29) is 21.9 Å². The molecule has 0 aromatic heterocycles. The minimum Gasteiger partial charge on any atom is -0.507 e. The minimum atomic E-state index is -3.81. The molecule has 2 aromatic carbocycles. The molecule has 5 nitrogen and oxygen atoms in total. The van der Waals surface area contributed by atoms with Gasteiger partial charge in [-0.3, -0.25) is 0 Å². The van der Waals surface area contributed by atoms with Crippen LogP contribution in [0.1, 0.15) is 44.2 Å². The van der Waals surface area contributed by atoms with Crippen LogP contribution in [0.4, 0.5) is 5.69 Å². The highest BCUT2D eigenvalue weighted by Gasteiger charge is 2.38. The van der Waals surface area contributed by atoms with E-state index in [1.54, 1.807) is 18.2 Å². The first-order valence-corrected chi connectivity index (χ1v) is 10.5. The van der Waals surface area contributed by atoms with Gasteiger partial charge in [0.15, 0.2) is 5.84 Å². The van der Waals surface area contributed by atoms with Crippen LogP contribution in [-0.2, 0) is 15.4 Å². The van der Waals surface area contributed by atoms with Crippen molar-refractivity contribution >= 4 is 27.3 Å². The molecule has 1 atom stereocenters. The van der Waals surface area contributed by atoms with Crippen LogP contribution in [0.2, 0.25) is 0 Å². The number of hydrogen-bond acceptors (Lipinski definition) is 4. The van der Waals surface area contributed by atoms with Crippen molar-refractivity contribution < 1.29 is 13.5 Å². The maximum absolute atomic E-state index is 12.6. The fourth-order valence-corrected chi connectivity index (χ4v) is 5.31. The van der Waals surface area contributed by atoms with Crippen LogP contribution in [0.3, 0.4) is 0 Å². The molecular formula is C21H22N2O3S. The number of aliphatic hydroxyl groups is 1. The fraction of sp³-hybridized carbons (Fsp3) is 0.286. The average molecular weight is 382 g/mol. The van der Waals surface area contributed by atoms with Crippen molar-refractivity contribution in [1.82, 2.24) is 0 Å². The minimum absolute atomic E-state index is 0.0972. The van der Waals surface area contributed by atoms with E-state index in [4.69, 9.17) is 0 Å². The summed E-state index contributed by atoms with van der Waals surface area (Å²) in [5, 5.41) is 14.1. The largest absolute Gasteiger partial charge is 0.507 e. The van der Waals surface area contributed by atoms with Gasteiger partial charge >= 0.3 is 0 Å². The Balaban J connectivity index is 1.89. The summed E-state index contributed by atoms with van der Waals surface area (Å²) in [6.45, 7) is 4.29. The van der Waals surface area contributed by atoms with E-state index >= 15 is 0 Å². The molecule has 1 aliphatic carbocycles. The lowest BCUT2D eigenvalue weighted by molar-refractivity contribution is 0.405. The molecule has 2 N–H and O–H groups in total. The smallest absolute Gasteiger partial charge is 0.286 e. The number of anilines is 1.